The summed E-state index contributed by atoms with van der Waals surface area (Å²) in [4.78, 5) is 0. The lowest BCUT2D eigenvalue weighted by Crippen LogP contribution is -2.28. The molecular weight excluding hydrogens is 264 g/mol. The van der Waals surface area contributed by atoms with Crippen LogP contribution in [0.1, 0.15) is 18.4 Å². The Morgan fingerprint density at radius 2 is 2.05 bits per heavy atom. The molecular formula is C15H20N6. The van der Waals surface area contributed by atoms with Crippen molar-refractivity contribution in [1.82, 2.24) is 5.32 Å². The van der Waals surface area contributed by atoms with Gasteiger partial charge in [0.05, 0.1) is 5.69 Å². The molecule has 0 amide bonds. The van der Waals surface area contributed by atoms with Gasteiger partial charge in [0.2, 0.25) is 5.71 Å². The van der Waals surface area contributed by atoms with Crippen LogP contribution in [-0.4, -0.2) is 24.6 Å². The van der Waals surface area contributed by atoms with E-state index in [1.807, 2.05) is 12.1 Å². The van der Waals surface area contributed by atoms with Crippen LogP contribution in [0.5, 0.6) is 0 Å². The maximum Gasteiger partial charge on any atom is 0.201 e. The van der Waals surface area contributed by atoms with Crippen molar-refractivity contribution in [2.24, 2.45) is 16.8 Å². The molecule has 0 radical (unpaired) electrons. The molecule has 5 N–H and O–H groups in total. The number of nitriles is 1. The molecule has 21 heavy (non-hydrogen) atoms. The number of anilines is 1. The first-order valence-corrected chi connectivity index (χ1v) is 7.07. The Bertz CT molecular complexity index is 549. The van der Waals surface area contributed by atoms with Gasteiger partial charge in [-0.05, 0) is 56.0 Å². The van der Waals surface area contributed by atoms with Crippen LogP contribution in [0.3, 0.4) is 0 Å². The van der Waals surface area contributed by atoms with E-state index < -0.39 is 0 Å². The summed E-state index contributed by atoms with van der Waals surface area (Å²) in [6, 6.07) is 9.76. The van der Waals surface area contributed by atoms with E-state index in [1.54, 1.807) is 6.07 Å². The Labute approximate surface area is 124 Å². The Kier molecular flexibility index (Phi) is 5.29. The summed E-state index contributed by atoms with van der Waals surface area (Å²) in [7, 11) is 0. The van der Waals surface area contributed by atoms with Crippen molar-refractivity contribution >= 4 is 17.2 Å². The predicted molar refractivity (Wildman–Crippen MR) is 84.3 cm³/mol. The van der Waals surface area contributed by atoms with Gasteiger partial charge in [-0.15, -0.1) is 0 Å². The highest BCUT2D eigenvalue weighted by Crippen LogP contribution is 2.19. The molecule has 1 saturated heterocycles. The van der Waals surface area contributed by atoms with Crippen molar-refractivity contribution in [1.29, 1.82) is 10.7 Å². The van der Waals surface area contributed by atoms with Gasteiger partial charge in [0.15, 0.2) is 5.84 Å². The molecule has 110 valence electrons. The first-order valence-electron chi connectivity index (χ1n) is 7.07. The predicted octanol–water partition coefficient (Wildman–Crippen LogP) is 1.46. The molecule has 1 aliphatic heterocycles. The molecule has 0 atom stereocenters. The van der Waals surface area contributed by atoms with Gasteiger partial charge in [-0.25, -0.2) is 0 Å². The Morgan fingerprint density at radius 1 is 1.38 bits per heavy atom. The van der Waals surface area contributed by atoms with Crippen LogP contribution in [-0.2, 0) is 6.42 Å². The van der Waals surface area contributed by atoms with Gasteiger partial charge in [0.1, 0.15) is 6.07 Å². The van der Waals surface area contributed by atoms with Crippen molar-refractivity contribution in [3.8, 4) is 6.07 Å². The number of nitrogens with two attached hydrogens (primary N) is 1. The number of amidine groups is 1. The number of hydrogen-bond acceptors (Lipinski definition) is 5. The molecule has 1 aromatic carbocycles. The fourth-order valence-corrected chi connectivity index (χ4v) is 2.40. The van der Waals surface area contributed by atoms with Gasteiger partial charge in [-0.1, -0.05) is 12.1 Å². The lowest BCUT2D eigenvalue weighted by molar-refractivity contribution is 0.372. The highest BCUT2D eigenvalue weighted by atomic mass is 15.3. The maximum absolute atomic E-state index is 8.75. The van der Waals surface area contributed by atoms with Crippen molar-refractivity contribution in [2.75, 3.05) is 18.5 Å². The average molecular weight is 284 g/mol. The van der Waals surface area contributed by atoms with Crippen LogP contribution < -0.4 is 16.5 Å². The minimum atomic E-state index is -0.340. The van der Waals surface area contributed by atoms with E-state index in [1.165, 1.54) is 18.4 Å². The van der Waals surface area contributed by atoms with Crippen LogP contribution in [0.4, 0.5) is 5.69 Å². The fourth-order valence-electron chi connectivity index (χ4n) is 2.40. The van der Waals surface area contributed by atoms with Gasteiger partial charge in [-0.2, -0.15) is 10.4 Å². The molecule has 0 aliphatic carbocycles. The second-order valence-electron chi connectivity index (χ2n) is 5.19. The van der Waals surface area contributed by atoms with Gasteiger partial charge in [0, 0.05) is 0 Å². The highest BCUT2D eigenvalue weighted by Gasteiger charge is 2.13. The van der Waals surface area contributed by atoms with E-state index in [0.29, 0.717) is 0 Å². The number of hydrazone groups is 1. The number of benzene rings is 1. The zero-order chi connectivity index (χ0) is 15.1. The summed E-state index contributed by atoms with van der Waals surface area (Å²) in [5.41, 5.74) is 9.93. The Balaban J connectivity index is 1.92. The standard InChI is InChI=1S/C15H20N6/c16-10-14(15(17)18)21-20-13-3-1-11(2-4-13)9-12-5-7-19-8-6-12/h1-4,12,19-20H,5-9H2,(H3,17,18)/b21-14+. The van der Waals surface area contributed by atoms with Gasteiger partial charge in [-0.3, -0.25) is 10.8 Å². The van der Waals surface area contributed by atoms with E-state index in [4.69, 9.17) is 16.4 Å². The average Bonchev–Trinajstić information content (AvgIpc) is 2.50. The minimum Gasteiger partial charge on any atom is -0.382 e. The van der Waals surface area contributed by atoms with E-state index in [9.17, 15) is 0 Å². The smallest absolute Gasteiger partial charge is 0.201 e. The molecule has 2 rings (SSSR count). The largest absolute Gasteiger partial charge is 0.382 e. The number of nitrogens with one attached hydrogen (secondary N) is 3. The highest BCUT2D eigenvalue weighted by molar-refractivity contribution is 6.45. The van der Waals surface area contributed by atoms with Crippen LogP contribution >= 0.6 is 0 Å². The molecule has 1 aliphatic rings. The van der Waals surface area contributed by atoms with Crippen molar-refractivity contribution in [3.63, 3.8) is 0 Å². The summed E-state index contributed by atoms with van der Waals surface area (Å²) < 4.78 is 0. The molecule has 6 nitrogen and oxygen atoms in total. The number of rotatable bonds is 5. The third-order valence-corrected chi connectivity index (χ3v) is 3.59. The van der Waals surface area contributed by atoms with Crippen LogP contribution in [0.15, 0.2) is 29.4 Å². The summed E-state index contributed by atoms with van der Waals surface area (Å²) in [5, 5.41) is 23.1. The lowest BCUT2D eigenvalue weighted by Gasteiger charge is -2.22. The van der Waals surface area contributed by atoms with Crippen molar-refractivity contribution in [2.45, 2.75) is 19.3 Å². The van der Waals surface area contributed by atoms with Crippen LogP contribution in [0.2, 0.25) is 0 Å². The first kappa shape index (κ1) is 15.0. The van der Waals surface area contributed by atoms with Gasteiger partial charge >= 0.3 is 0 Å². The van der Waals surface area contributed by atoms with Gasteiger partial charge < -0.3 is 11.1 Å². The minimum absolute atomic E-state index is 0.117. The molecule has 0 bridgehead atoms. The molecule has 0 unspecified atom stereocenters. The first-order chi connectivity index (χ1) is 10.2. The van der Waals surface area contributed by atoms with Crippen LogP contribution in [0.25, 0.3) is 0 Å². The van der Waals surface area contributed by atoms with Crippen molar-refractivity contribution < 1.29 is 0 Å². The molecule has 1 aromatic rings. The summed E-state index contributed by atoms with van der Waals surface area (Å²) in [6.07, 6.45) is 3.56. The second-order valence-corrected chi connectivity index (χ2v) is 5.19. The molecule has 1 fully saturated rings. The summed E-state index contributed by atoms with van der Waals surface area (Å²) in [6.45, 7) is 2.22. The molecule has 0 spiro atoms. The number of nitrogens with zero attached hydrogens (tertiary/aromatic N) is 2. The molecule has 0 aromatic heterocycles. The van der Waals surface area contributed by atoms with E-state index in [2.05, 4.69) is 28.0 Å². The quantitative estimate of drug-likeness (QED) is 0.372. The number of piperidine rings is 1. The van der Waals surface area contributed by atoms with E-state index in [-0.39, 0.29) is 11.5 Å². The normalized spacial score (nSPS) is 16.2. The molecule has 6 heteroatoms. The number of hydrogen-bond donors (Lipinski definition) is 4. The monoisotopic (exact) mass is 284 g/mol. The fraction of sp³-hybridized carbons (Fsp3) is 0.400. The summed E-state index contributed by atoms with van der Waals surface area (Å²) >= 11 is 0. The van der Waals surface area contributed by atoms with Crippen molar-refractivity contribution in [3.05, 3.63) is 29.8 Å². The maximum atomic E-state index is 8.75. The second kappa shape index (κ2) is 7.41. The summed E-state index contributed by atoms with van der Waals surface area (Å²) in [5.74, 6) is 0.415. The SMILES string of the molecule is N#C/C(=N\Nc1ccc(CC2CCNCC2)cc1)C(=N)N. The zero-order valence-corrected chi connectivity index (χ0v) is 11.9. The molecule has 0 saturated carbocycles. The Hall–Kier alpha value is -2.39. The van der Waals surface area contributed by atoms with E-state index >= 15 is 0 Å². The van der Waals surface area contributed by atoms with E-state index in [0.717, 1.165) is 31.1 Å². The topological polar surface area (TPSA) is 110 Å². The zero-order valence-electron chi connectivity index (χ0n) is 11.9. The lowest BCUT2D eigenvalue weighted by atomic mass is 9.91. The third kappa shape index (κ3) is 4.58. The van der Waals surface area contributed by atoms with Gasteiger partial charge in [0.25, 0.3) is 0 Å². The van der Waals surface area contributed by atoms with Crippen LogP contribution in [0, 0.1) is 22.7 Å². The third-order valence-electron chi connectivity index (χ3n) is 3.59. The molecule has 1 heterocycles. The Morgan fingerprint density at radius 3 is 2.62 bits per heavy atom.